The summed E-state index contributed by atoms with van der Waals surface area (Å²) in [6.45, 7) is 8.75. The summed E-state index contributed by atoms with van der Waals surface area (Å²) >= 11 is 0. The average Bonchev–Trinajstić information content (AvgIpc) is 3.13. The molecule has 3 aliphatic rings. The SMILES string of the molecule is CCCCCCCN1C(=O)C2C(NC3N(c4cc(C)cc(C)c4)CCCN23)N(C)C1=O. The van der Waals surface area contributed by atoms with Gasteiger partial charge in [-0.2, -0.15) is 0 Å². The molecule has 3 atom stereocenters. The van der Waals surface area contributed by atoms with Gasteiger partial charge in [0, 0.05) is 32.4 Å². The van der Waals surface area contributed by atoms with Crippen molar-refractivity contribution in [2.24, 2.45) is 0 Å². The van der Waals surface area contributed by atoms with Crippen molar-refractivity contribution in [2.45, 2.75) is 77.8 Å². The van der Waals surface area contributed by atoms with Crippen LogP contribution in [0.4, 0.5) is 10.5 Å². The zero-order valence-electron chi connectivity index (χ0n) is 19.4. The number of fused-ring (bicyclic) bond motifs is 3. The number of anilines is 1. The predicted octanol–water partition coefficient (Wildman–Crippen LogP) is 3.26. The second-order valence-corrected chi connectivity index (χ2v) is 9.36. The van der Waals surface area contributed by atoms with Crippen LogP contribution >= 0.6 is 0 Å². The summed E-state index contributed by atoms with van der Waals surface area (Å²) in [7, 11) is 1.82. The number of hydrogen-bond acceptors (Lipinski definition) is 5. The minimum atomic E-state index is -0.322. The lowest BCUT2D eigenvalue weighted by Crippen LogP contribution is -2.66. The number of aryl methyl sites for hydroxylation is 2. The Balaban J connectivity index is 1.53. The van der Waals surface area contributed by atoms with E-state index in [0.717, 1.165) is 38.8 Å². The normalized spacial score (nSPS) is 26.5. The highest BCUT2D eigenvalue weighted by Crippen LogP contribution is 2.33. The van der Waals surface area contributed by atoms with Crippen LogP contribution in [0.25, 0.3) is 0 Å². The van der Waals surface area contributed by atoms with E-state index in [0.29, 0.717) is 6.54 Å². The first kappa shape index (κ1) is 22.1. The van der Waals surface area contributed by atoms with Crippen molar-refractivity contribution in [3.63, 3.8) is 0 Å². The Morgan fingerprint density at radius 3 is 2.42 bits per heavy atom. The number of rotatable bonds is 7. The van der Waals surface area contributed by atoms with Crippen molar-refractivity contribution >= 4 is 17.6 Å². The Morgan fingerprint density at radius 1 is 1.00 bits per heavy atom. The lowest BCUT2D eigenvalue weighted by molar-refractivity contribution is -0.138. The molecule has 3 heterocycles. The molecule has 7 nitrogen and oxygen atoms in total. The molecule has 1 aromatic rings. The highest BCUT2D eigenvalue weighted by atomic mass is 16.2. The number of urea groups is 1. The summed E-state index contributed by atoms with van der Waals surface area (Å²) in [5.41, 5.74) is 3.65. The van der Waals surface area contributed by atoms with Gasteiger partial charge in [-0.15, -0.1) is 0 Å². The molecule has 0 aliphatic carbocycles. The van der Waals surface area contributed by atoms with E-state index in [1.165, 1.54) is 34.6 Å². The summed E-state index contributed by atoms with van der Waals surface area (Å²) < 4.78 is 0. The molecule has 0 spiro atoms. The second kappa shape index (κ2) is 9.17. The van der Waals surface area contributed by atoms with Crippen LogP contribution in [0, 0.1) is 13.8 Å². The molecule has 0 aromatic heterocycles. The predicted molar refractivity (Wildman–Crippen MR) is 123 cm³/mol. The molecule has 4 rings (SSSR count). The largest absolute Gasteiger partial charge is 0.343 e. The fourth-order valence-electron chi connectivity index (χ4n) is 5.38. The van der Waals surface area contributed by atoms with Crippen molar-refractivity contribution < 1.29 is 9.59 Å². The van der Waals surface area contributed by atoms with Gasteiger partial charge in [-0.25, -0.2) is 4.79 Å². The van der Waals surface area contributed by atoms with Crippen LogP contribution < -0.4 is 10.2 Å². The van der Waals surface area contributed by atoms with Crippen molar-refractivity contribution in [1.29, 1.82) is 0 Å². The number of benzene rings is 1. The number of unbranched alkanes of at least 4 members (excludes halogenated alkanes) is 4. The van der Waals surface area contributed by atoms with Gasteiger partial charge in [-0.3, -0.25) is 19.9 Å². The molecule has 0 saturated carbocycles. The molecule has 0 radical (unpaired) electrons. The molecular weight excluding hydrogens is 390 g/mol. The third-order valence-corrected chi connectivity index (χ3v) is 6.89. The zero-order chi connectivity index (χ0) is 22.1. The smallest absolute Gasteiger partial charge is 0.327 e. The van der Waals surface area contributed by atoms with E-state index in [-0.39, 0.29) is 30.4 Å². The Labute approximate surface area is 186 Å². The van der Waals surface area contributed by atoms with Gasteiger partial charge in [0.25, 0.3) is 5.91 Å². The first-order valence-corrected chi connectivity index (χ1v) is 11.9. The molecule has 31 heavy (non-hydrogen) atoms. The van der Waals surface area contributed by atoms with E-state index in [1.54, 1.807) is 4.90 Å². The summed E-state index contributed by atoms with van der Waals surface area (Å²) in [5, 5.41) is 3.61. The molecule has 1 N–H and O–H groups in total. The number of nitrogens with one attached hydrogen (secondary N) is 1. The number of nitrogens with zero attached hydrogens (tertiary/aromatic N) is 4. The molecule has 170 valence electrons. The number of carbonyl (C=O) groups excluding carboxylic acids is 2. The number of carbonyl (C=O) groups is 2. The first-order valence-electron chi connectivity index (χ1n) is 11.9. The quantitative estimate of drug-likeness (QED) is 0.677. The number of imide groups is 1. The maximum absolute atomic E-state index is 13.5. The maximum Gasteiger partial charge on any atom is 0.327 e. The summed E-state index contributed by atoms with van der Waals surface area (Å²) in [6.07, 6.45) is 6.14. The van der Waals surface area contributed by atoms with Crippen LogP contribution in [0.15, 0.2) is 18.2 Å². The van der Waals surface area contributed by atoms with Crippen LogP contribution in [0.5, 0.6) is 0 Å². The molecule has 0 bridgehead atoms. The van der Waals surface area contributed by atoms with E-state index in [4.69, 9.17) is 0 Å². The van der Waals surface area contributed by atoms with Crippen LogP contribution in [-0.2, 0) is 4.79 Å². The van der Waals surface area contributed by atoms with Gasteiger partial charge in [0.2, 0.25) is 0 Å². The van der Waals surface area contributed by atoms with Gasteiger partial charge >= 0.3 is 6.03 Å². The van der Waals surface area contributed by atoms with E-state index < -0.39 is 0 Å². The van der Waals surface area contributed by atoms with Crippen LogP contribution in [0.1, 0.15) is 56.6 Å². The van der Waals surface area contributed by atoms with E-state index in [9.17, 15) is 9.59 Å². The van der Waals surface area contributed by atoms with Crippen molar-refractivity contribution in [3.8, 4) is 0 Å². The number of likely N-dealkylation sites (N-methyl/N-ethyl adjacent to an activating group) is 1. The fraction of sp³-hybridized carbons (Fsp3) is 0.667. The minimum absolute atomic E-state index is 0.0409. The molecular formula is C24H37N5O2. The Hall–Kier alpha value is -2.12. The topological polar surface area (TPSA) is 59.1 Å². The van der Waals surface area contributed by atoms with E-state index >= 15 is 0 Å². The molecule has 3 unspecified atom stereocenters. The average molecular weight is 428 g/mol. The van der Waals surface area contributed by atoms with Crippen LogP contribution in [0.2, 0.25) is 0 Å². The number of hydrogen-bond donors (Lipinski definition) is 1. The summed E-state index contributed by atoms with van der Waals surface area (Å²) in [5.74, 6) is -0.0409. The molecule has 3 amide bonds. The summed E-state index contributed by atoms with van der Waals surface area (Å²) in [4.78, 5) is 34.3. The molecule has 3 aliphatic heterocycles. The third-order valence-electron chi connectivity index (χ3n) is 6.89. The Morgan fingerprint density at radius 2 is 1.71 bits per heavy atom. The minimum Gasteiger partial charge on any atom is -0.343 e. The highest BCUT2D eigenvalue weighted by molar-refractivity contribution is 6.00. The molecule has 7 heteroatoms. The highest BCUT2D eigenvalue weighted by Gasteiger charge is 2.55. The van der Waals surface area contributed by atoms with E-state index in [2.05, 4.69) is 54.1 Å². The van der Waals surface area contributed by atoms with Gasteiger partial charge in [-0.1, -0.05) is 38.7 Å². The molecule has 3 fully saturated rings. The van der Waals surface area contributed by atoms with Gasteiger partial charge in [0.1, 0.15) is 18.5 Å². The second-order valence-electron chi connectivity index (χ2n) is 9.36. The third kappa shape index (κ3) is 4.17. The van der Waals surface area contributed by atoms with Crippen molar-refractivity contribution in [2.75, 3.05) is 31.6 Å². The first-order chi connectivity index (χ1) is 14.9. The van der Waals surface area contributed by atoms with Gasteiger partial charge < -0.3 is 9.80 Å². The van der Waals surface area contributed by atoms with Gasteiger partial charge in [0.05, 0.1) is 0 Å². The van der Waals surface area contributed by atoms with Crippen LogP contribution in [-0.4, -0.2) is 71.8 Å². The van der Waals surface area contributed by atoms with Gasteiger partial charge in [-0.05, 0) is 49.9 Å². The monoisotopic (exact) mass is 427 g/mol. The standard InChI is InChI=1S/C24H37N5O2/c1-5-6-7-8-9-11-29-22(30)20-21(26(4)24(29)31)25-23-27(12-10-13-28(20)23)19-15-17(2)14-18(3)16-19/h14-16,20-21,23,25H,5-13H2,1-4H3. The maximum atomic E-state index is 13.5. The fourth-order valence-corrected chi connectivity index (χ4v) is 5.38. The Kier molecular flexibility index (Phi) is 6.53. The molecule has 1 aromatic carbocycles. The van der Waals surface area contributed by atoms with Crippen LogP contribution in [0.3, 0.4) is 0 Å². The zero-order valence-corrected chi connectivity index (χ0v) is 19.4. The Bertz CT molecular complexity index is 808. The van der Waals surface area contributed by atoms with Crippen molar-refractivity contribution in [1.82, 2.24) is 20.0 Å². The van der Waals surface area contributed by atoms with Gasteiger partial charge in [0.15, 0.2) is 0 Å². The molecule has 3 saturated heterocycles. The van der Waals surface area contributed by atoms with E-state index in [1.807, 2.05) is 7.05 Å². The lowest BCUT2D eigenvalue weighted by atomic mass is 10.1. The van der Waals surface area contributed by atoms with Crippen molar-refractivity contribution in [3.05, 3.63) is 29.3 Å². The number of amides is 3. The summed E-state index contributed by atoms with van der Waals surface area (Å²) in [6, 6.07) is 6.10. The lowest BCUT2D eigenvalue weighted by Gasteiger charge is -2.44.